The lowest BCUT2D eigenvalue weighted by Crippen LogP contribution is -2.26. The average Bonchev–Trinajstić information content (AvgIpc) is 3.28. The molecule has 0 aliphatic carbocycles. The molecule has 4 heterocycles. The largest absolute Gasteiger partial charge is 0.354 e. The Balaban J connectivity index is 1.81. The minimum atomic E-state index is 0.184. The number of aryl methyl sites for hydroxylation is 2. The molecule has 1 fully saturated rings. The van der Waals surface area contributed by atoms with Gasteiger partial charge in [-0.15, -0.1) is 11.3 Å². The number of amides is 1. The van der Waals surface area contributed by atoms with E-state index in [1.54, 1.807) is 11.3 Å². The monoisotopic (exact) mass is 367 g/mol. The Morgan fingerprint density at radius 2 is 1.81 bits per heavy atom. The quantitative estimate of drug-likeness (QED) is 0.686. The predicted molar refractivity (Wildman–Crippen MR) is 108 cm³/mol. The molecular formula is C21H25N3OS. The van der Waals surface area contributed by atoms with E-state index in [4.69, 9.17) is 0 Å². The Morgan fingerprint density at radius 1 is 1.15 bits per heavy atom. The molecule has 1 aliphatic heterocycles. The molecule has 4 rings (SSSR count). The molecule has 0 bridgehead atoms. The number of H-pyrrole nitrogens is 1. The average molecular weight is 368 g/mol. The number of likely N-dealkylation sites (tertiary alicyclic amines) is 1. The van der Waals surface area contributed by atoms with Gasteiger partial charge >= 0.3 is 0 Å². The summed E-state index contributed by atoms with van der Waals surface area (Å²) in [7, 11) is 0. The summed E-state index contributed by atoms with van der Waals surface area (Å²) in [5.74, 6) is 0.560. The van der Waals surface area contributed by atoms with Crippen molar-refractivity contribution in [3.8, 4) is 11.3 Å². The van der Waals surface area contributed by atoms with Crippen molar-refractivity contribution in [3.63, 3.8) is 0 Å². The van der Waals surface area contributed by atoms with Crippen molar-refractivity contribution in [1.29, 1.82) is 0 Å². The third-order valence-electron chi connectivity index (χ3n) is 5.06. The van der Waals surface area contributed by atoms with Crippen LogP contribution < -0.4 is 0 Å². The minimum Gasteiger partial charge on any atom is -0.354 e. The van der Waals surface area contributed by atoms with Gasteiger partial charge in [0, 0.05) is 30.0 Å². The molecule has 0 spiro atoms. The Morgan fingerprint density at radius 3 is 2.42 bits per heavy atom. The lowest BCUT2D eigenvalue weighted by atomic mass is 9.99. The van der Waals surface area contributed by atoms with Gasteiger partial charge in [-0.3, -0.25) is 9.78 Å². The molecule has 5 heteroatoms. The fourth-order valence-electron chi connectivity index (χ4n) is 3.94. The molecule has 4 nitrogen and oxygen atoms in total. The molecule has 0 atom stereocenters. The Bertz CT molecular complexity index is 956. The molecule has 1 saturated heterocycles. The molecule has 3 aromatic rings. The molecule has 3 aromatic heterocycles. The van der Waals surface area contributed by atoms with Crippen LogP contribution >= 0.6 is 11.3 Å². The molecule has 0 unspecified atom stereocenters. The normalized spacial score (nSPS) is 14.7. The van der Waals surface area contributed by atoms with E-state index in [1.807, 2.05) is 24.8 Å². The molecular weight excluding hydrogens is 342 g/mol. The molecule has 136 valence electrons. The topological polar surface area (TPSA) is 49.0 Å². The zero-order valence-electron chi connectivity index (χ0n) is 15.8. The molecule has 0 saturated carbocycles. The first-order valence-corrected chi connectivity index (χ1v) is 10.2. The van der Waals surface area contributed by atoms with Crippen LogP contribution in [-0.2, 0) is 0 Å². The summed E-state index contributed by atoms with van der Waals surface area (Å²) >= 11 is 1.63. The molecule has 0 radical (unpaired) electrons. The summed E-state index contributed by atoms with van der Waals surface area (Å²) < 4.78 is 1.21. The number of aromatic nitrogens is 2. The van der Waals surface area contributed by atoms with Crippen molar-refractivity contribution < 1.29 is 4.79 Å². The third kappa shape index (κ3) is 2.94. The molecule has 1 amide bonds. The highest BCUT2D eigenvalue weighted by atomic mass is 32.1. The van der Waals surface area contributed by atoms with Crippen molar-refractivity contribution in [2.75, 3.05) is 13.1 Å². The number of aromatic amines is 1. The highest BCUT2D eigenvalue weighted by Gasteiger charge is 2.24. The lowest BCUT2D eigenvalue weighted by Gasteiger charge is -2.13. The predicted octanol–water partition coefficient (Wildman–Crippen LogP) is 5.27. The Labute approximate surface area is 158 Å². The van der Waals surface area contributed by atoms with Crippen LogP contribution in [0.25, 0.3) is 21.5 Å². The van der Waals surface area contributed by atoms with Gasteiger partial charge in [0.25, 0.3) is 5.91 Å². The summed E-state index contributed by atoms with van der Waals surface area (Å²) in [6.07, 6.45) is 2.24. The number of hydrogen-bond donors (Lipinski definition) is 1. The minimum absolute atomic E-state index is 0.184. The number of hydrogen-bond acceptors (Lipinski definition) is 3. The second-order valence-electron chi connectivity index (χ2n) is 7.56. The van der Waals surface area contributed by atoms with E-state index in [0.29, 0.717) is 5.92 Å². The van der Waals surface area contributed by atoms with Gasteiger partial charge < -0.3 is 9.88 Å². The summed E-state index contributed by atoms with van der Waals surface area (Å²) in [6.45, 7) is 10.3. The SMILES string of the molecule is Cc1cc(-c2[nH]c3cc(C(=O)N4CCCC4)sc3c2C(C)C)cc(C)n1. The van der Waals surface area contributed by atoms with E-state index >= 15 is 0 Å². The summed E-state index contributed by atoms with van der Waals surface area (Å²) in [5.41, 5.74) is 6.76. The number of rotatable bonds is 3. The zero-order chi connectivity index (χ0) is 18.4. The summed E-state index contributed by atoms with van der Waals surface area (Å²) in [5, 5.41) is 0. The van der Waals surface area contributed by atoms with Crippen molar-refractivity contribution in [2.45, 2.75) is 46.5 Å². The number of carbonyl (C=O) groups excluding carboxylic acids is 1. The number of nitrogens with zero attached hydrogens (tertiary/aromatic N) is 2. The van der Waals surface area contributed by atoms with E-state index in [-0.39, 0.29) is 5.91 Å². The van der Waals surface area contributed by atoms with Crippen LogP contribution in [0.3, 0.4) is 0 Å². The van der Waals surface area contributed by atoms with Gasteiger partial charge in [0.15, 0.2) is 0 Å². The Hall–Kier alpha value is -2.14. The molecule has 0 aromatic carbocycles. The van der Waals surface area contributed by atoms with Gasteiger partial charge in [-0.1, -0.05) is 13.8 Å². The molecule has 26 heavy (non-hydrogen) atoms. The van der Waals surface area contributed by atoms with E-state index in [9.17, 15) is 4.79 Å². The Kier molecular flexibility index (Phi) is 4.35. The second kappa shape index (κ2) is 6.54. The lowest BCUT2D eigenvalue weighted by molar-refractivity contribution is 0.0797. The number of fused-ring (bicyclic) bond motifs is 1. The highest BCUT2D eigenvalue weighted by Crippen LogP contribution is 2.40. The number of nitrogens with one attached hydrogen (secondary N) is 1. The van der Waals surface area contributed by atoms with Crippen LogP contribution in [0, 0.1) is 13.8 Å². The number of pyridine rings is 1. The van der Waals surface area contributed by atoms with Crippen LogP contribution in [0.2, 0.25) is 0 Å². The molecule has 1 aliphatic rings. The van der Waals surface area contributed by atoms with Crippen molar-refractivity contribution in [1.82, 2.24) is 14.9 Å². The van der Waals surface area contributed by atoms with E-state index in [1.165, 1.54) is 15.8 Å². The maximum absolute atomic E-state index is 12.8. The first kappa shape index (κ1) is 17.3. The number of thiophene rings is 1. The van der Waals surface area contributed by atoms with Gasteiger partial charge in [0.1, 0.15) is 0 Å². The van der Waals surface area contributed by atoms with Gasteiger partial charge in [-0.25, -0.2) is 0 Å². The van der Waals surface area contributed by atoms with Crippen LogP contribution in [0.1, 0.15) is 59.2 Å². The van der Waals surface area contributed by atoms with Crippen molar-refractivity contribution in [2.24, 2.45) is 0 Å². The van der Waals surface area contributed by atoms with E-state index in [2.05, 4.69) is 35.9 Å². The highest BCUT2D eigenvalue weighted by molar-refractivity contribution is 7.21. The smallest absolute Gasteiger partial charge is 0.264 e. The van der Waals surface area contributed by atoms with Gasteiger partial charge in [-0.05, 0) is 56.4 Å². The summed E-state index contributed by atoms with van der Waals surface area (Å²) in [6, 6.07) is 6.30. The number of carbonyl (C=O) groups is 1. The fourth-order valence-corrected chi connectivity index (χ4v) is 5.22. The first-order valence-electron chi connectivity index (χ1n) is 9.34. The van der Waals surface area contributed by atoms with Gasteiger partial charge in [0.2, 0.25) is 0 Å². The van der Waals surface area contributed by atoms with E-state index in [0.717, 1.165) is 53.4 Å². The van der Waals surface area contributed by atoms with E-state index < -0.39 is 0 Å². The maximum Gasteiger partial charge on any atom is 0.264 e. The summed E-state index contributed by atoms with van der Waals surface area (Å²) in [4.78, 5) is 23.7. The van der Waals surface area contributed by atoms with Crippen molar-refractivity contribution in [3.05, 3.63) is 40.0 Å². The second-order valence-corrected chi connectivity index (χ2v) is 8.61. The van der Waals surface area contributed by atoms with Crippen LogP contribution in [-0.4, -0.2) is 33.9 Å². The van der Waals surface area contributed by atoms with Crippen LogP contribution in [0.15, 0.2) is 18.2 Å². The van der Waals surface area contributed by atoms with Crippen LogP contribution in [0.4, 0.5) is 0 Å². The molecule has 1 N–H and O–H groups in total. The van der Waals surface area contributed by atoms with Gasteiger partial charge in [-0.2, -0.15) is 0 Å². The van der Waals surface area contributed by atoms with Crippen LogP contribution in [0.5, 0.6) is 0 Å². The van der Waals surface area contributed by atoms with Gasteiger partial charge in [0.05, 0.1) is 20.8 Å². The first-order chi connectivity index (χ1) is 12.4. The maximum atomic E-state index is 12.8. The third-order valence-corrected chi connectivity index (χ3v) is 6.21. The standard InChI is InChI=1S/C21H25N3OS/c1-12(2)18-19(15-9-13(3)22-14(4)10-15)23-16-11-17(26-20(16)18)21(25)24-7-5-6-8-24/h9-12,23H,5-8H2,1-4H3. The zero-order valence-corrected chi connectivity index (χ0v) is 16.7. The van der Waals surface area contributed by atoms with Crippen molar-refractivity contribution >= 4 is 27.5 Å². The fraction of sp³-hybridized carbons (Fsp3) is 0.429.